The van der Waals surface area contributed by atoms with Gasteiger partial charge in [-0.1, -0.05) is 36.8 Å². The van der Waals surface area contributed by atoms with E-state index in [0.29, 0.717) is 24.8 Å². The molecule has 0 heterocycles. The Bertz CT molecular complexity index is 970. The number of carboxylic acid groups (broad SMARTS) is 2. The second-order valence-corrected chi connectivity index (χ2v) is 8.73. The van der Waals surface area contributed by atoms with Crippen LogP contribution in [0.15, 0.2) is 54.6 Å². The van der Waals surface area contributed by atoms with Crippen LogP contribution in [0.4, 0.5) is 0 Å². The van der Waals surface area contributed by atoms with E-state index < -0.39 is 29.7 Å². The van der Waals surface area contributed by atoms with Gasteiger partial charge in [0.2, 0.25) is 5.91 Å². The van der Waals surface area contributed by atoms with Crippen molar-refractivity contribution in [3.05, 3.63) is 60.2 Å². The van der Waals surface area contributed by atoms with Crippen molar-refractivity contribution < 1.29 is 29.3 Å². The Balaban J connectivity index is 1.45. The molecule has 2 aliphatic carbocycles. The molecule has 4 rings (SSSR count). The number of nitrogens with zero attached hydrogens (tertiary/aromatic N) is 1. The van der Waals surface area contributed by atoms with E-state index >= 15 is 0 Å². The first-order valence-corrected chi connectivity index (χ1v) is 11.0. The molecule has 7 nitrogen and oxygen atoms in total. The molecule has 2 aromatic rings. The summed E-state index contributed by atoms with van der Waals surface area (Å²) in [5, 5.41) is 18.7. The van der Waals surface area contributed by atoms with Gasteiger partial charge in [-0.05, 0) is 55.0 Å². The fourth-order valence-corrected chi connectivity index (χ4v) is 4.47. The number of carboxylic acids is 2. The molecule has 2 aromatic carbocycles. The fraction of sp³-hybridized carbons (Fsp3) is 0.400. The number of benzene rings is 2. The first kappa shape index (κ1) is 21.9. The van der Waals surface area contributed by atoms with Crippen molar-refractivity contribution in [3.63, 3.8) is 0 Å². The highest BCUT2D eigenvalue weighted by Gasteiger charge is 2.54. The van der Waals surface area contributed by atoms with Crippen molar-refractivity contribution >= 4 is 17.8 Å². The molecule has 0 radical (unpaired) electrons. The molecule has 3 unspecified atom stereocenters. The number of amides is 1. The van der Waals surface area contributed by atoms with E-state index in [1.807, 2.05) is 54.6 Å². The number of hydrogen-bond acceptors (Lipinski definition) is 4. The summed E-state index contributed by atoms with van der Waals surface area (Å²) in [4.78, 5) is 37.9. The number of aliphatic carboxylic acids is 2. The lowest BCUT2D eigenvalue weighted by molar-refractivity contribution is -0.172. The summed E-state index contributed by atoms with van der Waals surface area (Å²) in [5.41, 5.74) is 0.916. The minimum atomic E-state index is -1.21. The van der Waals surface area contributed by atoms with Crippen LogP contribution in [0, 0.1) is 23.7 Å². The Labute approximate surface area is 186 Å². The summed E-state index contributed by atoms with van der Waals surface area (Å²) in [6.07, 6.45) is 3.33. The number of para-hydroxylation sites is 1. The molecule has 2 aliphatic rings. The minimum absolute atomic E-state index is 0.0795. The van der Waals surface area contributed by atoms with Crippen molar-refractivity contribution in [1.82, 2.24) is 4.90 Å². The third kappa shape index (κ3) is 4.77. The first-order chi connectivity index (χ1) is 15.4. The zero-order valence-corrected chi connectivity index (χ0v) is 17.7. The number of hydrogen-bond donors (Lipinski definition) is 2. The van der Waals surface area contributed by atoms with Gasteiger partial charge < -0.3 is 19.8 Å². The highest BCUT2D eigenvalue weighted by atomic mass is 16.5. The van der Waals surface area contributed by atoms with Crippen LogP contribution < -0.4 is 4.74 Å². The molecular weight excluding hydrogens is 410 g/mol. The first-order valence-electron chi connectivity index (χ1n) is 11.0. The number of ether oxygens (including phenoxy) is 1. The molecule has 1 amide bonds. The minimum Gasteiger partial charge on any atom is -0.481 e. The molecule has 7 heteroatoms. The van der Waals surface area contributed by atoms with Crippen LogP contribution in [0.1, 0.15) is 31.2 Å². The standard InChI is InChI=1S/C25H27NO6/c27-23(20-13-21(24(28)29)22(20)25(30)31)26(14-16-5-4-6-16)15-17-9-11-19(12-10-17)32-18-7-2-1-3-8-18/h1-3,7-12,16,20-22H,4-6,13-15H2,(H,28,29)(H,30,31). The van der Waals surface area contributed by atoms with Crippen LogP contribution >= 0.6 is 0 Å². The predicted octanol–water partition coefficient (Wildman–Crippen LogP) is 4.03. The Morgan fingerprint density at radius 3 is 2.09 bits per heavy atom. The summed E-state index contributed by atoms with van der Waals surface area (Å²) in [5.74, 6) is -3.73. The number of carbonyl (C=O) groups is 3. The molecule has 3 atom stereocenters. The Hall–Kier alpha value is -3.35. The topological polar surface area (TPSA) is 104 Å². The highest BCUT2D eigenvalue weighted by Crippen LogP contribution is 2.42. The molecule has 0 spiro atoms. The average molecular weight is 437 g/mol. The van der Waals surface area contributed by atoms with E-state index in [4.69, 9.17) is 4.74 Å². The Morgan fingerprint density at radius 1 is 0.875 bits per heavy atom. The normalized spacial score (nSPS) is 22.3. The molecule has 2 fully saturated rings. The van der Waals surface area contributed by atoms with Gasteiger partial charge in [0.05, 0.1) is 17.8 Å². The summed E-state index contributed by atoms with van der Waals surface area (Å²) < 4.78 is 5.81. The van der Waals surface area contributed by atoms with Gasteiger partial charge in [-0.3, -0.25) is 14.4 Å². The van der Waals surface area contributed by atoms with E-state index in [2.05, 4.69) is 0 Å². The number of rotatable bonds is 9. The molecule has 0 bridgehead atoms. The summed E-state index contributed by atoms with van der Waals surface area (Å²) in [6.45, 7) is 0.934. The molecule has 0 aliphatic heterocycles. The lowest BCUT2D eigenvalue weighted by Gasteiger charge is -2.42. The fourth-order valence-electron chi connectivity index (χ4n) is 4.47. The van der Waals surface area contributed by atoms with Crippen LogP contribution in [-0.2, 0) is 20.9 Å². The van der Waals surface area contributed by atoms with Crippen molar-refractivity contribution in [2.24, 2.45) is 23.7 Å². The SMILES string of the molecule is O=C(O)C1CC(C(=O)N(Cc2ccc(Oc3ccccc3)cc2)CC2CCC2)C1C(=O)O. The molecule has 32 heavy (non-hydrogen) atoms. The van der Waals surface area contributed by atoms with Gasteiger partial charge in [0.25, 0.3) is 0 Å². The summed E-state index contributed by atoms with van der Waals surface area (Å²) >= 11 is 0. The van der Waals surface area contributed by atoms with Crippen LogP contribution in [-0.4, -0.2) is 39.5 Å². The van der Waals surface area contributed by atoms with Gasteiger partial charge in [0, 0.05) is 13.1 Å². The van der Waals surface area contributed by atoms with Crippen LogP contribution in [0.2, 0.25) is 0 Å². The molecule has 0 aromatic heterocycles. The Morgan fingerprint density at radius 2 is 1.53 bits per heavy atom. The van der Waals surface area contributed by atoms with E-state index in [0.717, 1.165) is 30.6 Å². The third-order valence-electron chi connectivity index (χ3n) is 6.59. The molecule has 2 saturated carbocycles. The van der Waals surface area contributed by atoms with Crippen molar-refractivity contribution in [2.45, 2.75) is 32.2 Å². The molecule has 168 valence electrons. The zero-order chi connectivity index (χ0) is 22.7. The van der Waals surface area contributed by atoms with E-state index in [9.17, 15) is 24.6 Å². The molecule has 2 N–H and O–H groups in total. The highest BCUT2D eigenvalue weighted by molar-refractivity contribution is 5.91. The van der Waals surface area contributed by atoms with E-state index in [1.54, 1.807) is 4.90 Å². The summed E-state index contributed by atoms with van der Waals surface area (Å²) in [7, 11) is 0. The monoisotopic (exact) mass is 437 g/mol. The third-order valence-corrected chi connectivity index (χ3v) is 6.59. The number of carbonyl (C=O) groups excluding carboxylic acids is 1. The van der Waals surface area contributed by atoms with Crippen LogP contribution in [0.3, 0.4) is 0 Å². The Kier molecular flexibility index (Phi) is 6.44. The maximum atomic E-state index is 13.2. The van der Waals surface area contributed by atoms with Gasteiger partial charge in [0.15, 0.2) is 0 Å². The lowest BCUT2D eigenvalue weighted by atomic mass is 9.64. The lowest BCUT2D eigenvalue weighted by Crippen LogP contribution is -2.54. The second-order valence-electron chi connectivity index (χ2n) is 8.73. The quantitative estimate of drug-likeness (QED) is 0.614. The van der Waals surface area contributed by atoms with Gasteiger partial charge in [-0.15, -0.1) is 0 Å². The average Bonchev–Trinajstić information content (AvgIpc) is 2.70. The van der Waals surface area contributed by atoms with E-state index in [1.165, 1.54) is 0 Å². The largest absolute Gasteiger partial charge is 0.481 e. The maximum Gasteiger partial charge on any atom is 0.308 e. The van der Waals surface area contributed by atoms with Gasteiger partial charge in [-0.25, -0.2) is 0 Å². The van der Waals surface area contributed by atoms with Crippen LogP contribution in [0.5, 0.6) is 11.5 Å². The zero-order valence-electron chi connectivity index (χ0n) is 17.7. The predicted molar refractivity (Wildman–Crippen MR) is 116 cm³/mol. The van der Waals surface area contributed by atoms with Crippen molar-refractivity contribution in [3.8, 4) is 11.5 Å². The second kappa shape index (κ2) is 9.42. The molecule has 0 saturated heterocycles. The van der Waals surface area contributed by atoms with Crippen LogP contribution in [0.25, 0.3) is 0 Å². The summed E-state index contributed by atoms with van der Waals surface area (Å²) in [6, 6.07) is 16.9. The van der Waals surface area contributed by atoms with E-state index in [-0.39, 0.29) is 12.3 Å². The smallest absolute Gasteiger partial charge is 0.308 e. The molecular formula is C25H27NO6. The van der Waals surface area contributed by atoms with Gasteiger partial charge in [-0.2, -0.15) is 0 Å². The van der Waals surface area contributed by atoms with Crippen molar-refractivity contribution in [2.75, 3.05) is 6.54 Å². The van der Waals surface area contributed by atoms with Gasteiger partial charge >= 0.3 is 11.9 Å². The van der Waals surface area contributed by atoms with Crippen molar-refractivity contribution in [1.29, 1.82) is 0 Å². The maximum absolute atomic E-state index is 13.2. The van der Waals surface area contributed by atoms with Gasteiger partial charge in [0.1, 0.15) is 11.5 Å².